The van der Waals surface area contributed by atoms with Gasteiger partial charge in [-0.2, -0.15) is 0 Å². The molecule has 0 amide bonds. The Balaban J connectivity index is 1.95. The van der Waals surface area contributed by atoms with E-state index in [-0.39, 0.29) is 4.92 Å². The number of allylic oxidation sites excluding steroid dienone is 1. The van der Waals surface area contributed by atoms with Crippen molar-refractivity contribution in [3.8, 4) is 0 Å². The van der Waals surface area contributed by atoms with Crippen LogP contribution in [0.4, 0.5) is 0 Å². The maximum atomic E-state index is 10.5. The molecule has 1 unspecified atom stereocenters. The SMILES string of the molecule is O=[N+]([O-])C1C=CC(N2CCNCC2)=CC1. The fourth-order valence-electron chi connectivity index (χ4n) is 1.91. The van der Waals surface area contributed by atoms with E-state index in [0.29, 0.717) is 6.42 Å². The average molecular weight is 209 g/mol. The van der Waals surface area contributed by atoms with Gasteiger partial charge in [-0.3, -0.25) is 10.1 Å². The predicted molar refractivity (Wildman–Crippen MR) is 57.1 cm³/mol. The van der Waals surface area contributed by atoms with Crippen LogP contribution in [0.15, 0.2) is 23.9 Å². The largest absolute Gasteiger partial charge is 0.369 e. The van der Waals surface area contributed by atoms with Gasteiger partial charge in [-0.15, -0.1) is 0 Å². The quantitative estimate of drug-likeness (QED) is 0.527. The minimum atomic E-state index is -0.531. The number of piperazine rings is 1. The van der Waals surface area contributed by atoms with Crippen LogP contribution in [0.2, 0.25) is 0 Å². The lowest BCUT2D eigenvalue weighted by molar-refractivity contribution is -0.508. The molecule has 1 fully saturated rings. The molecule has 0 aromatic heterocycles. The van der Waals surface area contributed by atoms with Gasteiger partial charge in [0.25, 0.3) is 0 Å². The maximum absolute atomic E-state index is 10.5. The maximum Gasteiger partial charge on any atom is 0.235 e. The Bertz CT molecular complexity index is 306. The van der Waals surface area contributed by atoms with Crippen LogP contribution < -0.4 is 5.32 Å². The van der Waals surface area contributed by atoms with Gasteiger partial charge in [-0.05, 0) is 12.2 Å². The van der Waals surface area contributed by atoms with E-state index in [0.717, 1.165) is 31.9 Å². The summed E-state index contributed by atoms with van der Waals surface area (Å²) in [5.74, 6) is 0. The molecule has 1 aliphatic carbocycles. The lowest BCUT2D eigenvalue weighted by atomic mass is 10.1. The van der Waals surface area contributed by atoms with Crippen LogP contribution >= 0.6 is 0 Å². The summed E-state index contributed by atoms with van der Waals surface area (Å²) in [6, 6.07) is -0.531. The summed E-state index contributed by atoms with van der Waals surface area (Å²) in [6.45, 7) is 3.95. The Labute approximate surface area is 88.6 Å². The number of nitrogens with one attached hydrogen (secondary N) is 1. The van der Waals surface area contributed by atoms with Crippen molar-refractivity contribution in [3.63, 3.8) is 0 Å². The van der Waals surface area contributed by atoms with Gasteiger partial charge in [0.05, 0.1) is 0 Å². The molecule has 0 aromatic carbocycles. The molecular formula is C10H15N3O2. The smallest absolute Gasteiger partial charge is 0.235 e. The Hall–Kier alpha value is -1.36. The summed E-state index contributed by atoms with van der Waals surface area (Å²) in [4.78, 5) is 12.6. The zero-order valence-electron chi connectivity index (χ0n) is 8.56. The molecule has 0 bridgehead atoms. The third kappa shape index (κ3) is 2.36. The van der Waals surface area contributed by atoms with E-state index in [1.165, 1.54) is 0 Å². The van der Waals surface area contributed by atoms with Crippen molar-refractivity contribution in [2.75, 3.05) is 26.2 Å². The molecule has 0 saturated carbocycles. The summed E-state index contributed by atoms with van der Waals surface area (Å²) >= 11 is 0. The minimum absolute atomic E-state index is 0.235. The Morgan fingerprint density at radius 1 is 1.47 bits per heavy atom. The molecule has 0 aromatic rings. The zero-order valence-corrected chi connectivity index (χ0v) is 8.56. The number of nitro groups is 1. The van der Waals surface area contributed by atoms with Gasteiger partial charge in [-0.25, -0.2) is 0 Å². The van der Waals surface area contributed by atoms with Crippen molar-refractivity contribution in [1.82, 2.24) is 10.2 Å². The van der Waals surface area contributed by atoms with E-state index in [9.17, 15) is 10.1 Å². The molecule has 5 nitrogen and oxygen atoms in total. The highest BCUT2D eigenvalue weighted by Crippen LogP contribution is 2.16. The van der Waals surface area contributed by atoms with Crippen molar-refractivity contribution < 1.29 is 4.92 Å². The average Bonchev–Trinajstić information content (AvgIpc) is 2.30. The van der Waals surface area contributed by atoms with Crippen LogP contribution in [0.5, 0.6) is 0 Å². The van der Waals surface area contributed by atoms with Crippen molar-refractivity contribution in [2.45, 2.75) is 12.5 Å². The van der Waals surface area contributed by atoms with Crippen LogP contribution in [0.1, 0.15) is 6.42 Å². The standard InChI is InChI=1S/C10H15N3O2/c14-13(15)10-3-1-9(2-4-10)12-7-5-11-6-8-12/h1-3,10-11H,4-8H2. The Morgan fingerprint density at radius 2 is 2.20 bits per heavy atom. The lowest BCUT2D eigenvalue weighted by Crippen LogP contribution is -2.42. The third-order valence-electron chi connectivity index (χ3n) is 2.81. The summed E-state index contributed by atoms with van der Waals surface area (Å²) in [5, 5.41) is 13.8. The molecule has 1 atom stereocenters. The van der Waals surface area contributed by atoms with Gasteiger partial charge in [0.2, 0.25) is 6.04 Å². The van der Waals surface area contributed by atoms with Gasteiger partial charge >= 0.3 is 0 Å². The molecular weight excluding hydrogens is 194 g/mol. The number of hydrogen-bond acceptors (Lipinski definition) is 4. The van der Waals surface area contributed by atoms with Crippen molar-refractivity contribution in [3.05, 3.63) is 34.0 Å². The fraction of sp³-hybridized carbons (Fsp3) is 0.600. The highest BCUT2D eigenvalue weighted by Gasteiger charge is 2.20. The van der Waals surface area contributed by atoms with Crippen molar-refractivity contribution >= 4 is 0 Å². The number of nitrogens with zero attached hydrogens (tertiary/aromatic N) is 2. The topological polar surface area (TPSA) is 58.4 Å². The monoisotopic (exact) mass is 209 g/mol. The molecule has 2 rings (SSSR count). The zero-order chi connectivity index (χ0) is 10.7. The van der Waals surface area contributed by atoms with Crippen LogP contribution in [0.25, 0.3) is 0 Å². The highest BCUT2D eigenvalue weighted by molar-refractivity contribution is 5.23. The van der Waals surface area contributed by atoms with Gasteiger partial charge in [0.15, 0.2) is 0 Å². The first-order valence-electron chi connectivity index (χ1n) is 5.25. The Morgan fingerprint density at radius 3 is 2.73 bits per heavy atom. The molecule has 2 aliphatic rings. The molecule has 1 saturated heterocycles. The molecule has 5 heteroatoms. The molecule has 15 heavy (non-hydrogen) atoms. The minimum Gasteiger partial charge on any atom is -0.369 e. The summed E-state index contributed by atoms with van der Waals surface area (Å²) in [5.41, 5.74) is 1.13. The second-order valence-corrected chi connectivity index (χ2v) is 3.81. The lowest BCUT2D eigenvalue weighted by Gasteiger charge is -2.31. The van der Waals surface area contributed by atoms with E-state index in [4.69, 9.17) is 0 Å². The normalized spacial score (nSPS) is 26.3. The van der Waals surface area contributed by atoms with E-state index in [2.05, 4.69) is 10.2 Å². The predicted octanol–water partition coefficient (Wildman–Crippen LogP) is 0.381. The molecule has 1 N–H and O–H groups in total. The number of hydrogen-bond donors (Lipinski definition) is 1. The van der Waals surface area contributed by atoms with Crippen LogP contribution in [-0.2, 0) is 0 Å². The van der Waals surface area contributed by atoms with Crippen molar-refractivity contribution in [1.29, 1.82) is 0 Å². The van der Waals surface area contributed by atoms with Gasteiger partial charge in [0.1, 0.15) is 0 Å². The number of rotatable bonds is 2. The van der Waals surface area contributed by atoms with Crippen LogP contribution in [-0.4, -0.2) is 42.0 Å². The summed E-state index contributed by atoms with van der Waals surface area (Å²) in [6.07, 6.45) is 6.06. The molecule has 82 valence electrons. The first-order valence-corrected chi connectivity index (χ1v) is 5.25. The van der Waals surface area contributed by atoms with E-state index in [1.807, 2.05) is 12.2 Å². The van der Waals surface area contributed by atoms with E-state index >= 15 is 0 Å². The first kappa shape index (κ1) is 10.2. The molecule has 0 spiro atoms. The van der Waals surface area contributed by atoms with Crippen LogP contribution in [0.3, 0.4) is 0 Å². The highest BCUT2D eigenvalue weighted by atomic mass is 16.6. The van der Waals surface area contributed by atoms with Crippen molar-refractivity contribution in [2.24, 2.45) is 0 Å². The van der Waals surface area contributed by atoms with Crippen LogP contribution in [0, 0.1) is 10.1 Å². The molecule has 1 aliphatic heterocycles. The fourth-order valence-corrected chi connectivity index (χ4v) is 1.91. The Kier molecular flexibility index (Phi) is 3.01. The van der Waals surface area contributed by atoms with Gasteiger partial charge < -0.3 is 10.2 Å². The van der Waals surface area contributed by atoms with Gasteiger partial charge in [0, 0.05) is 43.2 Å². The third-order valence-corrected chi connectivity index (χ3v) is 2.81. The molecule has 0 radical (unpaired) electrons. The summed E-state index contributed by atoms with van der Waals surface area (Å²) < 4.78 is 0. The second kappa shape index (κ2) is 4.44. The van der Waals surface area contributed by atoms with Gasteiger partial charge in [-0.1, -0.05) is 6.08 Å². The van der Waals surface area contributed by atoms with E-state index < -0.39 is 6.04 Å². The van der Waals surface area contributed by atoms with E-state index in [1.54, 1.807) is 6.08 Å². The summed E-state index contributed by atoms with van der Waals surface area (Å²) in [7, 11) is 0. The molecule has 1 heterocycles. The second-order valence-electron chi connectivity index (χ2n) is 3.81. The first-order chi connectivity index (χ1) is 7.27.